The van der Waals surface area contributed by atoms with Gasteiger partial charge < -0.3 is 0 Å². The minimum atomic E-state index is 0. The van der Waals surface area contributed by atoms with Gasteiger partial charge in [-0.2, -0.15) is 11.8 Å². The van der Waals surface area contributed by atoms with Crippen LogP contribution >= 0.6 is 11.8 Å². The third-order valence-corrected chi connectivity index (χ3v) is 0.478. The fourth-order valence-corrected chi connectivity index (χ4v) is 0.253. The van der Waals surface area contributed by atoms with E-state index >= 15 is 0 Å². The summed E-state index contributed by atoms with van der Waals surface area (Å²) < 4.78 is 0. The maximum Gasteiger partial charge on any atom is 0.0451 e. The van der Waals surface area contributed by atoms with Crippen LogP contribution < -0.4 is 0 Å². The van der Waals surface area contributed by atoms with Gasteiger partial charge in [0, 0.05) is 33.2 Å². The van der Waals surface area contributed by atoms with Crippen LogP contribution in [0.1, 0.15) is 0 Å². The highest BCUT2D eigenvalue weighted by molar-refractivity contribution is 7.97. The molecule has 53 valence electrons. The van der Waals surface area contributed by atoms with Crippen molar-refractivity contribution >= 4 is 20.2 Å². The summed E-state index contributed by atoms with van der Waals surface area (Å²) >= 11 is 1.75. The smallest absolute Gasteiger partial charge is 0.0451 e. The second kappa shape index (κ2) is 11.3. The highest BCUT2D eigenvalue weighted by Gasteiger charge is 1.59. The zero-order chi connectivity index (χ0) is 6.95. The third kappa shape index (κ3) is 10.5. The second-order valence-corrected chi connectivity index (χ2v) is 2.12. The highest BCUT2D eigenvalue weighted by atomic mass is 32.2. The molecule has 0 amide bonds. The van der Waals surface area contributed by atoms with Crippen molar-refractivity contribution in [1.82, 2.24) is 9.97 Å². The molecule has 0 N–H and O–H groups in total. The lowest BCUT2D eigenvalue weighted by atomic mass is 10.8. The van der Waals surface area contributed by atoms with Gasteiger partial charge in [0.05, 0.1) is 0 Å². The molecule has 2 nitrogen and oxygen atoms in total. The van der Waals surface area contributed by atoms with E-state index in [0.29, 0.717) is 0 Å². The summed E-state index contributed by atoms with van der Waals surface area (Å²) in [5, 5.41) is 0. The van der Waals surface area contributed by atoms with Gasteiger partial charge in [-0.05, 0) is 12.5 Å². The molecule has 10 heavy (non-hydrogen) atoms. The maximum absolute atomic E-state index is 3.72. The maximum atomic E-state index is 3.72. The fraction of sp³-hybridized carbons (Fsp3) is 0.333. The predicted molar refractivity (Wildman–Crippen MR) is 47.2 cm³/mol. The third-order valence-electron chi connectivity index (χ3n) is 0.478. The van der Waals surface area contributed by atoms with Crippen molar-refractivity contribution in [3.63, 3.8) is 0 Å². The average Bonchev–Trinajstić information content (AvgIpc) is 1.93. The van der Waals surface area contributed by atoms with Crippen molar-refractivity contribution in [3.8, 4) is 0 Å². The summed E-state index contributed by atoms with van der Waals surface area (Å²) in [5.74, 6) is 0. The largest absolute Gasteiger partial charge is 0.262 e. The molecule has 4 heteroatoms. The first-order valence-corrected chi connectivity index (χ1v) is 4.15. The molecule has 0 aliphatic rings. The fourth-order valence-electron chi connectivity index (χ4n) is 0.253. The minimum absolute atomic E-state index is 0. The van der Waals surface area contributed by atoms with Gasteiger partial charge in [0.1, 0.15) is 0 Å². The normalized spacial score (nSPS) is 6.60. The van der Waals surface area contributed by atoms with Gasteiger partial charge in [-0.3, -0.25) is 9.97 Å². The van der Waals surface area contributed by atoms with Crippen molar-refractivity contribution in [2.45, 2.75) is 0 Å². The van der Waals surface area contributed by atoms with Crippen molar-refractivity contribution < 1.29 is 0 Å². The monoisotopic (exact) mass is 153 g/mol. The zero-order valence-corrected chi connectivity index (χ0v) is 7.01. The summed E-state index contributed by atoms with van der Waals surface area (Å²) in [6.45, 7) is 0. The van der Waals surface area contributed by atoms with Crippen molar-refractivity contribution in [2.75, 3.05) is 12.5 Å². The van der Waals surface area contributed by atoms with Crippen molar-refractivity contribution in [2.24, 2.45) is 0 Å². The van der Waals surface area contributed by atoms with Crippen LogP contribution in [-0.2, 0) is 0 Å². The van der Waals surface area contributed by atoms with Gasteiger partial charge in [0.15, 0.2) is 0 Å². The topological polar surface area (TPSA) is 25.8 Å². The second-order valence-electron chi connectivity index (χ2n) is 1.30. The molecule has 1 aromatic heterocycles. The number of hydrogen-bond acceptors (Lipinski definition) is 3. The van der Waals surface area contributed by atoms with E-state index in [-0.39, 0.29) is 8.41 Å². The SMILES string of the molecule is CSC.[B].c1cnccn1. The molecule has 0 atom stereocenters. The van der Waals surface area contributed by atoms with E-state index in [2.05, 4.69) is 9.97 Å². The molecular weight excluding hydrogens is 143 g/mol. The van der Waals surface area contributed by atoms with Gasteiger partial charge >= 0.3 is 0 Å². The first-order valence-electron chi connectivity index (χ1n) is 2.52. The molecule has 0 saturated heterocycles. The standard InChI is InChI=1S/C4H4N2.C2H6S.B/c1-2-6-4-3-5-1;1-3-2;/h1-4H;1-2H3;. The molecule has 0 saturated carbocycles. The molecule has 0 spiro atoms. The summed E-state index contributed by atoms with van der Waals surface area (Å²) in [7, 11) is 0. The average molecular weight is 153 g/mol. The Kier molecular flexibility index (Phi) is 13.8. The van der Waals surface area contributed by atoms with Gasteiger partial charge in [-0.1, -0.05) is 0 Å². The van der Waals surface area contributed by atoms with Crippen LogP contribution in [-0.4, -0.2) is 30.9 Å². The summed E-state index contributed by atoms with van der Waals surface area (Å²) in [5.41, 5.74) is 0. The molecule has 0 aliphatic carbocycles. The summed E-state index contributed by atoms with van der Waals surface area (Å²) in [6, 6.07) is 0. The van der Waals surface area contributed by atoms with E-state index in [1.807, 2.05) is 12.5 Å². The Morgan fingerprint density at radius 1 is 0.900 bits per heavy atom. The summed E-state index contributed by atoms with van der Waals surface area (Å²) in [4.78, 5) is 7.44. The first-order chi connectivity index (χ1) is 4.41. The van der Waals surface area contributed by atoms with Gasteiger partial charge in [0.2, 0.25) is 0 Å². The van der Waals surface area contributed by atoms with Gasteiger partial charge in [-0.25, -0.2) is 0 Å². The van der Waals surface area contributed by atoms with Crippen LogP contribution in [0.3, 0.4) is 0 Å². The molecule has 0 aliphatic heterocycles. The Bertz CT molecular complexity index is 98.6. The number of thioether (sulfide) groups is 1. The van der Waals surface area contributed by atoms with E-state index in [1.165, 1.54) is 0 Å². The first kappa shape index (κ1) is 12.2. The summed E-state index contributed by atoms with van der Waals surface area (Å²) in [6.07, 6.45) is 10.6. The van der Waals surface area contributed by atoms with Crippen LogP contribution in [0.5, 0.6) is 0 Å². The molecule has 0 fully saturated rings. The molecule has 1 heterocycles. The molecular formula is C6H10BN2S. The minimum Gasteiger partial charge on any atom is -0.262 e. The molecule has 1 aromatic rings. The van der Waals surface area contributed by atoms with Crippen LogP contribution in [0.15, 0.2) is 24.8 Å². The highest BCUT2D eigenvalue weighted by Crippen LogP contribution is 1.70. The van der Waals surface area contributed by atoms with Crippen LogP contribution in [0.4, 0.5) is 0 Å². The molecule has 1 rings (SSSR count). The number of nitrogens with zero attached hydrogens (tertiary/aromatic N) is 2. The van der Waals surface area contributed by atoms with Crippen LogP contribution in [0, 0.1) is 0 Å². The predicted octanol–water partition coefficient (Wildman–Crippen LogP) is 1.07. The van der Waals surface area contributed by atoms with Crippen molar-refractivity contribution in [3.05, 3.63) is 24.8 Å². The van der Waals surface area contributed by atoms with E-state index < -0.39 is 0 Å². The Balaban J connectivity index is 0. The molecule has 0 unspecified atom stereocenters. The lowest BCUT2D eigenvalue weighted by molar-refractivity contribution is 1.20. The number of aromatic nitrogens is 2. The van der Waals surface area contributed by atoms with E-state index in [9.17, 15) is 0 Å². The number of rotatable bonds is 0. The quantitative estimate of drug-likeness (QED) is 0.521. The molecule has 0 aromatic carbocycles. The Labute approximate surface area is 68.1 Å². The Morgan fingerprint density at radius 2 is 1.10 bits per heavy atom. The zero-order valence-electron chi connectivity index (χ0n) is 6.19. The van der Waals surface area contributed by atoms with E-state index in [4.69, 9.17) is 0 Å². The lowest BCUT2D eigenvalue weighted by Gasteiger charge is -1.70. The van der Waals surface area contributed by atoms with Crippen LogP contribution in [0.25, 0.3) is 0 Å². The Hall–Kier alpha value is -0.505. The lowest BCUT2D eigenvalue weighted by Crippen LogP contribution is -1.66. The Morgan fingerprint density at radius 3 is 1.20 bits per heavy atom. The van der Waals surface area contributed by atoms with Crippen molar-refractivity contribution in [1.29, 1.82) is 0 Å². The van der Waals surface area contributed by atoms with Gasteiger partial charge in [-0.15, -0.1) is 0 Å². The van der Waals surface area contributed by atoms with Gasteiger partial charge in [0.25, 0.3) is 0 Å². The van der Waals surface area contributed by atoms with E-state index in [0.717, 1.165) is 0 Å². The van der Waals surface area contributed by atoms with Crippen LogP contribution in [0.2, 0.25) is 0 Å². The molecule has 0 bridgehead atoms. The number of hydrogen-bond donors (Lipinski definition) is 0. The van der Waals surface area contributed by atoms with E-state index in [1.54, 1.807) is 36.5 Å². The molecule has 3 radical (unpaired) electrons.